The van der Waals surface area contributed by atoms with Crippen molar-refractivity contribution >= 4 is 27.6 Å². The van der Waals surface area contributed by atoms with Gasteiger partial charge in [-0.2, -0.15) is 0 Å². The number of fused-ring (bicyclic) bond motifs is 1. The number of hydrogen-bond acceptors (Lipinski definition) is 5. The highest BCUT2D eigenvalue weighted by atomic mass is 32.1. The molecule has 0 aliphatic rings. The maximum atomic E-state index is 11.1. The zero-order valence-electron chi connectivity index (χ0n) is 8.88. The van der Waals surface area contributed by atoms with Crippen LogP contribution in [0, 0.1) is 0 Å². The summed E-state index contributed by atoms with van der Waals surface area (Å²) in [7, 11) is 0. The van der Waals surface area contributed by atoms with Crippen LogP contribution < -0.4 is 10.7 Å². The monoisotopic (exact) mass is 253 g/mol. The minimum atomic E-state index is -0.881. The molecular formula is C11H11NO4S. The molecule has 6 heteroatoms. The Bertz CT molecular complexity index is 601. The Morgan fingerprint density at radius 2 is 2.29 bits per heavy atom. The van der Waals surface area contributed by atoms with Gasteiger partial charge in [0.05, 0.1) is 4.70 Å². The van der Waals surface area contributed by atoms with E-state index in [2.05, 4.69) is 0 Å². The summed E-state index contributed by atoms with van der Waals surface area (Å²) in [5.74, 6) is -0.881. The van der Waals surface area contributed by atoms with Crippen LogP contribution in [0.5, 0.6) is 0 Å². The zero-order chi connectivity index (χ0) is 12.4. The largest absolute Gasteiger partial charge is 0.481 e. The average molecular weight is 253 g/mol. The van der Waals surface area contributed by atoms with Crippen molar-refractivity contribution in [1.29, 1.82) is 0 Å². The molecule has 1 unspecified atom stereocenters. The standard InChI is InChI=1S/C11H11NO4S/c12-7(4-5-9(13)14)6-2-1-3-8-10(6)17-11(15)16-8/h1-3,7H,4-5,12H2,(H,13,14). The van der Waals surface area contributed by atoms with E-state index in [-0.39, 0.29) is 11.4 Å². The Balaban J connectivity index is 2.34. The van der Waals surface area contributed by atoms with Gasteiger partial charge in [-0.15, -0.1) is 0 Å². The minimum Gasteiger partial charge on any atom is -0.481 e. The Morgan fingerprint density at radius 1 is 1.53 bits per heavy atom. The number of hydrogen-bond donors (Lipinski definition) is 2. The molecule has 0 aliphatic heterocycles. The Morgan fingerprint density at radius 3 is 3.00 bits per heavy atom. The second-order valence-electron chi connectivity index (χ2n) is 3.67. The first-order chi connectivity index (χ1) is 8.08. The molecule has 1 aromatic carbocycles. The van der Waals surface area contributed by atoms with E-state index in [0.29, 0.717) is 16.7 Å². The van der Waals surface area contributed by atoms with E-state index in [0.717, 1.165) is 16.9 Å². The lowest BCUT2D eigenvalue weighted by Gasteiger charge is -2.10. The third kappa shape index (κ3) is 2.54. The fraction of sp³-hybridized carbons (Fsp3) is 0.273. The highest BCUT2D eigenvalue weighted by Gasteiger charge is 2.14. The Labute approximate surface area is 100 Å². The molecule has 0 radical (unpaired) electrons. The molecule has 0 fully saturated rings. The fourth-order valence-electron chi connectivity index (χ4n) is 1.64. The van der Waals surface area contributed by atoms with Gasteiger partial charge in [0.15, 0.2) is 0 Å². The second-order valence-corrected chi connectivity index (χ2v) is 4.61. The molecule has 0 amide bonds. The number of carboxylic acid groups (broad SMARTS) is 1. The van der Waals surface area contributed by atoms with Gasteiger partial charge in [0, 0.05) is 12.5 Å². The van der Waals surface area contributed by atoms with Crippen LogP contribution in [0.3, 0.4) is 0 Å². The average Bonchev–Trinajstić information content (AvgIpc) is 2.65. The highest BCUT2D eigenvalue weighted by Crippen LogP contribution is 2.27. The maximum absolute atomic E-state index is 11.1. The number of carbonyl (C=O) groups is 1. The third-order valence-electron chi connectivity index (χ3n) is 2.46. The van der Waals surface area contributed by atoms with Gasteiger partial charge in [0.25, 0.3) is 0 Å². The lowest BCUT2D eigenvalue weighted by atomic mass is 10.0. The van der Waals surface area contributed by atoms with E-state index in [1.807, 2.05) is 0 Å². The van der Waals surface area contributed by atoms with Gasteiger partial charge in [-0.3, -0.25) is 4.79 Å². The van der Waals surface area contributed by atoms with Crippen molar-refractivity contribution in [2.45, 2.75) is 18.9 Å². The fourth-order valence-corrected chi connectivity index (χ4v) is 2.49. The summed E-state index contributed by atoms with van der Waals surface area (Å²) in [6, 6.07) is 4.83. The first-order valence-corrected chi connectivity index (χ1v) is 5.89. The van der Waals surface area contributed by atoms with Crippen molar-refractivity contribution in [3.05, 3.63) is 33.5 Å². The van der Waals surface area contributed by atoms with Crippen molar-refractivity contribution < 1.29 is 14.3 Å². The Kier molecular flexibility index (Phi) is 3.26. The molecule has 0 saturated carbocycles. The van der Waals surface area contributed by atoms with Crippen LogP contribution >= 0.6 is 11.3 Å². The summed E-state index contributed by atoms with van der Waals surface area (Å²) in [6.07, 6.45) is 0.338. The summed E-state index contributed by atoms with van der Waals surface area (Å²) in [5, 5.41) is 8.61. The molecule has 2 aromatic rings. The third-order valence-corrected chi connectivity index (χ3v) is 3.35. The van der Waals surface area contributed by atoms with Gasteiger partial charge in [0.1, 0.15) is 5.58 Å². The van der Waals surface area contributed by atoms with Gasteiger partial charge < -0.3 is 15.3 Å². The smallest absolute Gasteiger partial charge is 0.396 e. The van der Waals surface area contributed by atoms with Crippen LogP contribution in [-0.2, 0) is 4.79 Å². The highest BCUT2D eigenvalue weighted by molar-refractivity contribution is 7.16. The van der Waals surface area contributed by atoms with Crippen molar-refractivity contribution in [1.82, 2.24) is 0 Å². The van der Waals surface area contributed by atoms with Crippen LogP contribution in [0.4, 0.5) is 0 Å². The van der Waals surface area contributed by atoms with Gasteiger partial charge in [0.2, 0.25) is 0 Å². The number of rotatable bonds is 4. The summed E-state index contributed by atoms with van der Waals surface area (Å²) < 4.78 is 5.68. The maximum Gasteiger partial charge on any atom is 0.396 e. The molecule has 1 aromatic heterocycles. The topological polar surface area (TPSA) is 93.5 Å². The predicted octanol–water partition coefficient (Wildman–Crippen LogP) is 1.72. The van der Waals surface area contributed by atoms with Crippen molar-refractivity contribution in [3.63, 3.8) is 0 Å². The second kappa shape index (κ2) is 4.68. The number of nitrogens with two attached hydrogens (primary N) is 1. The van der Waals surface area contributed by atoms with E-state index < -0.39 is 12.0 Å². The Hall–Kier alpha value is -1.66. The lowest BCUT2D eigenvalue weighted by molar-refractivity contribution is -0.137. The van der Waals surface area contributed by atoms with Gasteiger partial charge >= 0.3 is 10.9 Å². The summed E-state index contributed by atoms with van der Waals surface area (Å²) in [5.41, 5.74) is 7.18. The first kappa shape index (κ1) is 11.8. The molecule has 0 aliphatic carbocycles. The number of benzene rings is 1. The lowest BCUT2D eigenvalue weighted by Crippen LogP contribution is -2.12. The van der Waals surface area contributed by atoms with Gasteiger partial charge in [-0.1, -0.05) is 23.5 Å². The minimum absolute atomic E-state index is 0.00427. The number of aliphatic carboxylic acids is 1. The van der Waals surface area contributed by atoms with Gasteiger partial charge in [-0.05, 0) is 18.1 Å². The van der Waals surface area contributed by atoms with Crippen LogP contribution in [0.2, 0.25) is 0 Å². The molecule has 0 saturated heterocycles. The summed E-state index contributed by atoms with van der Waals surface area (Å²) in [4.78, 5) is 21.3. The van der Waals surface area contributed by atoms with E-state index in [1.54, 1.807) is 18.2 Å². The normalized spacial score (nSPS) is 12.8. The molecule has 17 heavy (non-hydrogen) atoms. The van der Waals surface area contributed by atoms with E-state index in [9.17, 15) is 9.59 Å². The van der Waals surface area contributed by atoms with Crippen LogP contribution in [0.25, 0.3) is 10.3 Å². The summed E-state index contributed by atoms with van der Waals surface area (Å²) >= 11 is 0.992. The van der Waals surface area contributed by atoms with Crippen LogP contribution in [0.15, 0.2) is 27.4 Å². The van der Waals surface area contributed by atoms with Crippen molar-refractivity contribution in [2.75, 3.05) is 0 Å². The van der Waals surface area contributed by atoms with E-state index >= 15 is 0 Å². The molecule has 5 nitrogen and oxygen atoms in total. The van der Waals surface area contributed by atoms with E-state index in [1.165, 1.54) is 0 Å². The molecule has 2 rings (SSSR count). The molecular weight excluding hydrogens is 242 g/mol. The van der Waals surface area contributed by atoms with Crippen LogP contribution in [0.1, 0.15) is 24.4 Å². The molecule has 3 N–H and O–H groups in total. The molecule has 1 atom stereocenters. The van der Waals surface area contributed by atoms with Crippen LogP contribution in [-0.4, -0.2) is 11.1 Å². The molecule has 90 valence electrons. The van der Waals surface area contributed by atoms with Crippen molar-refractivity contribution in [3.8, 4) is 0 Å². The summed E-state index contributed by atoms with van der Waals surface area (Å²) in [6.45, 7) is 0. The zero-order valence-corrected chi connectivity index (χ0v) is 9.70. The number of carboxylic acids is 1. The predicted molar refractivity (Wildman–Crippen MR) is 64.2 cm³/mol. The SMILES string of the molecule is NC(CCC(=O)O)c1cccc2oc(=O)sc12. The molecule has 0 bridgehead atoms. The van der Waals surface area contributed by atoms with E-state index in [4.69, 9.17) is 15.3 Å². The first-order valence-electron chi connectivity index (χ1n) is 5.08. The molecule has 1 heterocycles. The van der Waals surface area contributed by atoms with Gasteiger partial charge in [-0.25, -0.2) is 4.79 Å². The van der Waals surface area contributed by atoms with Crippen molar-refractivity contribution in [2.24, 2.45) is 5.73 Å². The quantitative estimate of drug-likeness (QED) is 0.865. The molecule has 0 spiro atoms.